The maximum atomic E-state index is 12.5. The molecule has 0 spiro atoms. The van der Waals surface area contributed by atoms with Gasteiger partial charge in [0.1, 0.15) is 5.69 Å². The Morgan fingerprint density at radius 2 is 2.05 bits per heavy atom. The number of nitro groups is 1. The minimum Gasteiger partial charge on any atom is -0.379 e. The molecule has 2 N–H and O–H groups in total. The normalized spacial score (nSPS) is 16.5. The number of nitro benzene ring substituents is 1. The first-order valence-corrected chi connectivity index (χ1v) is 7.30. The summed E-state index contributed by atoms with van der Waals surface area (Å²) in [6.45, 7) is 4.39. The minimum atomic E-state index is -0.466. The molecule has 1 saturated carbocycles. The van der Waals surface area contributed by atoms with Crippen molar-refractivity contribution in [3.63, 3.8) is 0 Å². The van der Waals surface area contributed by atoms with Gasteiger partial charge in [-0.1, -0.05) is 18.9 Å². The average Bonchev–Trinajstić information content (AvgIpc) is 2.85. The van der Waals surface area contributed by atoms with Crippen molar-refractivity contribution in [2.75, 3.05) is 11.9 Å². The highest BCUT2D eigenvalue weighted by atomic mass is 16.6. The smallest absolute Gasteiger partial charge is 0.293 e. The molecule has 6 heteroatoms. The average molecular weight is 291 g/mol. The molecule has 0 unspecified atom stereocenters. The first-order valence-electron chi connectivity index (χ1n) is 7.30. The quantitative estimate of drug-likeness (QED) is 0.645. The fourth-order valence-electron chi connectivity index (χ4n) is 2.87. The van der Waals surface area contributed by atoms with Crippen LogP contribution in [0.4, 0.5) is 11.4 Å². The van der Waals surface area contributed by atoms with E-state index in [0.29, 0.717) is 17.8 Å². The Kier molecular flexibility index (Phi) is 4.45. The Morgan fingerprint density at radius 3 is 2.62 bits per heavy atom. The summed E-state index contributed by atoms with van der Waals surface area (Å²) in [4.78, 5) is 23.1. The summed E-state index contributed by atoms with van der Waals surface area (Å²) < 4.78 is 0. The van der Waals surface area contributed by atoms with E-state index in [4.69, 9.17) is 0 Å². The van der Waals surface area contributed by atoms with Gasteiger partial charge in [0.15, 0.2) is 0 Å². The second-order valence-corrected chi connectivity index (χ2v) is 5.71. The highest BCUT2D eigenvalue weighted by Crippen LogP contribution is 2.32. The predicted octanol–water partition coefficient (Wildman–Crippen LogP) is 3.09. The van der Waals surface area contributed by atoms with Crippen LogP contribution in [0, 0.1) is 10.1 Å². The molecule has 0 atom stereocenters. The van der Waals surface area contributed by atoms with E-state index < -0.39 is 4.92 Å². The SMILES string of the molecule is CCNc1c(C(=O)NC2(C)CCCC2)cccc1[N+](=O)[O-]. The van der Waals surface area contributed by atoms with Crippen LogP contribution < -0.4 is 10.6 Å². The molecule has 1 fully saturated rings. The van der Waals surface area contributed by atoms with Crippen molar-refractivity contribution in [2.24, 2.45) is 0 Å². The molecule has 21 heavy (non-hydrogen) atoms. The van der Waals surface area contributed by atoms with E-state index in [9.17, 15) is 14.9 Å². The van der Waals surface area contributed by atoms with Gasteiger partial charge in [-0.25, -0.2) is 0 Å². The number of anilines is 1. The molecule has 1 aliphatic rings. The van der Waals surface area contributed by atoms with Crippen molar-refractivity contribution in [1.29, 1.82) is 0 Å². The van der Waals surface area contributed by atoms with E-state index >= 15 is 0 Å². The largest absolute Gasteiger partial charge is 0.379 e. The van der Waals surface area contributed by atoms with Crippen LogP contribution in [-0.2, 0) is 0 Å². The Bertz CT molecular complexity index is 551. The maximum absolute atomic E-state index is 12.5. The lowest BCUT2D eigenvalue weighted by Gasteiger charge is -2.25. The fraction of sp³-hybridized carbons (Fsp3) is 0.533. The molecule has 1 amide bonds. The van der Waals surface area contributed by atoms with Crippen LogP contribution in [0.1, 0.15) is 49.9 Å². The van der Waals surface area contributed by atoms with Gasteiger partial charge in [0, 0.05) is 18.2 Å². The molecule has 2 rings (SSSR count). The molecule has 1 aliphatic carbocycles. The van der Waals surface area contributed by atoms with Crippen LogP contribution in [0.25, 0.3) is 0 Å². The van der Waals surface area contributed by atoms with Crippen LogP contribution in [-0.4, -0.2) is 22.9 Å². The Hall–Kier alpha value is -2.11. The van der Waals surface area contributed by atoms with Crippen LogP contribution in [0.3, 0.4) is 0 Å². The van der Waals surface area contributed by atoms with Gasteiger partial charge in [0.05, 0.1) is 10.5 Å². The van der Waals surface area contributed by atoms with E-state index in [1.807, 2.05) is 13.8 Å². The number of amides is 1. The van der Waals surface area contributed by atoms with Gasteiger partial charge in [0.2, 0.25) is 0 Å². The van der Waals surface area contributed by atoms with Gasteiger partial charge in [-0.3, -0.25) is 14.9 Å². The lowest BCUT2D eigenvalue weighted by molar-refractivity contribution is -0.384. The Balaban J connectivity index is 2.31. The number of nitrogens with one attached hydrogen (secondary N) is 2. The van der Waals surface area contributed by atoms with Gasteiger partial charge >= 0.3 is 0 Å². The fourth-order valence-corrected chi connectivity index (χ4v) is 2.87. The van der Waals surface area contributed by atoms with Crippen LogP contribution in [0.15, 0.2) is 18.2 Å². The first kappa shape index (κ1) is 15.3. The molecule has 6 nitrogen and oxygen atoms in total. The third-order valence-electron chi connectivity index (χ3n) is 3.96. The van der Waals surface area contributed by atoms with Crippen molar-refractivity contribution >= 4 is 17.3 Å². The van der Waals surface area contributed by atoms with Crippen LogP contribution >= 0.6 is 0 Å². The number of carbonyl (C=O) groups is 1. The zero-order valence-electron chi connectivity index (χ0n) is 12.4. The van der Waals surface area contributed by atoms with Gasteiger partial charge in [-0.2, -0.15) is 0 Å². The van der Waals surface area contributed by atoms with Crippen molar-refractivity contribution < 1.29 is 9.72 Å². The summed E-state index contributed by atoms with van der Waals surface area (Å²) in [5, 5.41) is 17.1. The van der Waals surface area contributed by atoms with Gasteiger partial charge < -0.3 is 10.6 Å². The number of hydrogen-bond donors (Lipinski definition) is 2. The van der Waals surface area contributed by atoms with Crippen molar-refractivity contribution in [3.8, 4) is 0 Å². The molecule has 114 valence electrons. The molecule has 0 bridgehead atoms. The maximum Gasteiger partial charge on any atom is 0.293 e. The molecule has 0 saturated heterocycles. The standard InChI is InChI=1S/C15H21N3O3/c1-3-16-13-11(7-6-8-12(13)18(20)21)14(19)17-15(2)9-4-5-10-15/h6-8,16H,3-5,9-10H2,1-2H3,(H,17,19). The van der Waals surface area contributed by atoms with Gasteiger partial charge in [-0.15, -0.1) is 0 Å². The minimum absolute atomic E-state index is 0.0684. The Labute approximate surface area is 124 Å². The monoisotopic (exact) mass is 291 g/mol. The summed E-state index contributed by atoms with van der Waals surface area (Å²) in [6.07, 6.45) is 4.10. The number of para-hydroxylation sites is 1. The summed E-state index contributed by atoms with van der Waals surface area (Å²) >= 11 is 0. The molecule has 0 heterocycles. The summed E-state index contributed by atoms with van der Waals surface area (Å²) in [5.41, 5.74) is 0.356. The van der Waals surface area contributed by atoms with E-state index in [0.717, 1.165) is 25.7 Å². The third-order valence-corrected chi connectivity index (χ3v) is 3.96. The topological polar surface area (TPSA) is 84.3 Å². The molecule has 1 aromatic rings. The van der Waals surface area contributed by atoms with Crippen molar-refractivity contribution in [1.82, 2.24) is 5.32 Å². The second kappa shape index (κ2) is 6.11. The molecule has 0 aliphatic heterocycles. The van der Waals surface area contributed by atoms with E-state index in [-0.39, 0.29) is 17.1 Å². The summed E-state index contributed by atoms with van der Waals surface area (Å²) in [6, 6.07) is 4.58. The second-order valence-electron chi connectivity index (χ2n) is 5.71. The highest BCUT2D eigenvalue weighted by Gasteiger charge is 2.32. The number of nitrogens with zero attached hydrogens (tertiary/aromatic N) is 1. The lowest BCUT2D eigenvalue weighted by atomic mass is 9.99. The van der Waals surface area contributed by atoms with Crippen LogP contribution in [0.5, 0.6) is 0 Å². The lowest BCUT2D eigenvalue weighted by Crippen LogP contribution is -2.43. The van der Waals surface area contributed by atoms with Gasteiger partial charge in [0.25, 0.3) is 11.6 Å². The van der Waals surface area contributed by atoms with Crippen LogP contribution in [0.2, 0.25) is 0 Å². The van der Waals surface area contributed by atoms with Gasteiger partial charge in [-0.05, 0) is 32.8 Å². The molecule has 1 aromatic carbocycles. The first-order chi connectivity index (χ1) is 9.97. The zero-order chi connectivity index (χ0) is 15.5. The number of rotatable bonds is 5. The number of hydrogen-bond acceptors (Lipinski definition) is 4. The summed E-state index contributed by atoms with van der Waals surface area (Å²) in [5.74, 6) is -0.251. The molecule has 0 aromatic heterocycles. The predicted molar refractivity (Wildman–Crippen MR) is 81.6 cm³/mol. The van der Waals surface area contributed by atoms with Crippen molar-refractivity contribution in [2.45, 2.75) is 45.1 Å². The summed E-state index contributed by atoms with van der Waals surface area (Å²) in [7, 11) is 0. The zero-order valence-corrected chi connectivity index (χ0v) is 12.4. The van der Waals surface area contributed by atoms with E-state index in [1.54, 1.807) is 12.1 Å². The van der Waals surface area contributed by atoms with E-state index in [2.05, 4.69) is 10.6 Å². The van der Waals surface area contributed by atoms with E-state index in [1.165, 1.54) is 6.07 Å². The highest BCUT2D eigenvalue weighted by molar-refractivity contribution is 6.02. The number of carbonyl (C=O) groups excluding carboxylic acids is 1. The molecular formula is C15H21N3O3. The molecular weight excluding hydrogens is 270 g/mol. The molecule has 0 radical (unpaired) electrons. The third kappa shape index (κ3) is 3.32. The van der Waals surface area contributed by atoms with Crippen molar-refractivity contribution in [3.05, 3.63) is 33.9 Å². The number of benzene rings is 1. The Morgan fingerprint density at radius 1 is 1.38 bits per heavy atom.